The number of nitrogens with one attached hydrogen (secondary N) is 1. The molecule has 0 saturated heterocycles. The average molecular weight is 237 g/mol. The molecule has 1 aliphatic rings. The molecule has 0 aromatic heterocycles. The van der Waals surface area contributed by atoms with Crippen LogP contribution in [0, 0.1) is 24.6 Å². The molecular weight excluding hydrogens is 225 g/mol. The molecule has 1 aromatic rings. The lowest BCUT2D eigenvalue weighted by molar-refractivity contribution is -0.139. The topological polar surface area (TPSA) is 66.4 Å². The maximum atomic E-state index is 13.2. The minimum atomic E-state index is -0.958. The number of anilines is 1. The quantitative estimate of drug-likeness (QED) is 0.842. The van der Waals surface area contributed by atoms with Gasteiger partial charge in [-0.2, -0.15) is 0 Å². The van der Waals surface area contributed by atoms with Gasteiger partial charge < -0.3 is 10.4 Å². The van der Waals surface area contributed by atoms with Crippen LogP contribution in [0.5, 0.6) is 0 Å². The molecule has 1 aromatic carbocycles. The molecular formula is C12H12FNO3. The first-order valence-electron chi connectivity index (χ1n) is 5.29. The number of aryl methyl sites for hydroxylation is 1. The van der Waals surface area contributed by atoms with Crippen molar-refractivity contribution in [2.45, 2.75) is 13.3 Å². The predicted octanol–water partition coefficient (Wildman–Crippen LogP) is 1.79. The Bertz CT molecular complexity index is 487. The second-order valence-electron chi connectivity index (χ2n) is 4.24. The van der Waals surface area contributed by atoms with Crippen LogP contribution in [0.3, 0.4) is 0 Å². The van der Waals surface area contributed by atoms with Gasteiger partial charge in [-0.05, 0) is 31.0 Å². The van der Waals surface area contributed by atoms with Gasteiger partial charge in [0.2, 0.25) is 5.91 Å². The monoisotopic (exact) mass is 237 g/mol. The first-order valence-corrected chi connectivity index (χ1v) is 5.29. The van der Waals surface area contributed by atoms with E-state index in [1.54, 1.807) is 19.1 Å². The Morgan fingerprint density at radius 2 is 2.12 bits per heavy atom. The van der Waals surface area contributed by atoms with Crippen LogP contribution in [0.25, 0.3) is 0 Å². The van der Waals surface area contributed by atoms with Crippen molar-refractivity contribution in [1.29, 1.82) is 0 Å². The smallest absolute Gasteiger partial charge is 0.307 e. The number of carboxylic acid groups (broad SMARTS) is 1. The zero-order valence-corrected chi connectivity index (χ0v) is 9.24. The predicted molar refractivity (Wildman–Crippen MR) is 59.0 cm³/mol. The van der Waals surface area contributed by atoms with E-state index in [9.17, 15) is 14.0 Å². The summed E-state index contributed by atoms with van der Waals surface area (Å²) in [5, 5.41) is 11.2. The number of aliphatic carboxylic acids is 1. The molecule has 5 heteroatoms. The van der Waals surface area contributed by atoms with Crippen molar-refractivity contribution in [1.82, 2.24) is 0 Å². The fraction of sp³-hybridized carbons (Fsp3) is 0.333. The number of carboxylic acids is 1. The summed E-state index contributed by atoms with van der Waals surface area (Å²) in [6, 6.07) is 4.38. The molecule has 17 heavy (non-hydrogen) atoms. The summed E-state index contributed by atoms with van der Waals surface area (Å²) in [7, 11) is 0. The lowest BCUT2D eigenvalue weighted by Gasteiger charge is -2.05. The molecule has 1 fully saturated rings. The van der Waals surface area contributed by atoms with Gasteiger partial charge in [-0.3, -0.25) is 9.59 Å². The standard InChI is InChI=1S/C12H12FNO3/c1-6-2-3-7(4-10(6)13)14-11(15)8-5-9(8)12(16)17/h2-4,8-9H,5H2,1H3,(H,14,15)(H,16,17)/t8-,9+/m1/s1. The molecule has 1 amide bonds. The van der Waals surface area contributed by atoms with Crippen molar-refractivity contribution in [3.63, 3.8) is 0 Å². The van der Waals surface area contributed by atoms with E-state index in [1.165, 1.54) is 6.07 Å². The number of halogens is 1. The summed E-state index contributed by atoms with van der Waals surface area (Å²) in [4.78, 5) is 22.2. The molecule has 90 valence electrons. The van der Waals surface area contributed by atoms with Gasteiger partial charge in [0.1, 0.15) is 5.82 Å². The Labute approximate surface area is 97.4 Å². The van der Waals surface area contributed by atoms with E-state index in [0.717, 1.165) is 0 Å². The SMILES string of the molecule is Cc1ccc(NC(=O)[C@@H]2C[C@@H]2C(=O)O)cc1F. The molecule has 0 aliphatic heterocycles. The largest absolute Gasteiger partial charge is 0.481 e. The van der Waals surface area contributed by atoms with E-state index in [4.69, 9.17) is 5.11 Å². The molecule has 0 heterocycles. The van der Waals surface area contributed by atoms with E-state index in [1.807, 2.05) is 0 Å². The highest BCUT2D eigenvalue weighted by molar-refractivity contribution is 5.98. The molecule has 2 rings (SSSR count). The van der Waals surface area contributed by atoms with Gasteiger partial charge >= 0.3 is 5.97 Å². The number of amides is 1. The maximum absolute atomic E-state index is 13.2. The van der Waals surface area contributed by atoms with Crippen LogP contribution in [-0.4, -0.2) is 17.0 Å². The Morgan fingerprint density at radius 1 is 1.41 bits per heavy atom. The minimum Gasteiger partial charge on any atom is -0.481 e. The summed E-state index contributed by atoms with van der Waals surface area (Å²) < 4.78 is 13.2. The molecule has 0 bridgehead atoms. The molecule has 0 unspecified atom stereocenters. The van der Waals surface area contributed by atoms with Crippen molar-refractivity contribution in [2.75, 3.05) is 5.32 Å². The molecule has 1 saturated carbocycles. The van der Waals surface area contributed by atoms with Gasteiger partial charge in [0.05, 0.1) is 11.8 Å². The first-order chi connectivity index (χ1) is 7.99. The zero-order valence-electron chi connectivity index (χ0n) is 9.24. The first kappa shape index (κ1) is 11.6. The molecule has 0 spiro atoms. The summed E-state index contributed by atoms with van der Waals surface area (Å²) in [6.07, 6.45) is 0.357. The summed E-state index contributed by atoms with van der Waals surface area (Å²) >= 11 is 0. The van der Waals surface area contributed by atoms with E-state index < -0.39 is 23.6 Å². The Balaban J connectivity index is 2.00. The van der Waals surface area contributed by atoms with E-state index >= 15 is 0 Å². The molecule has 2 N–H and O–H groups in total. The van der Waals surface area contributed by atoms with Gasteiger partial charge in [0.15, 0.2) is 0 Å². The van der Waals surface area contributed by atoms with Crippen molar-refractivity contribution in [3.05, 3.63) is 29.6 Å². The van der Waals surface area contributed by atoms with Crippen LogP contribution in [-0.2, 0) is 9.59 Å². The fourth-order valence-corrected chi connectivity index (χ4v) is 1.66. The second-order valence-corrected chi connectivity index (χ2v) is 4.24. The lowest BCUT2D eigenvalue weighted by atomic mass is 10.2. The van der Waals surface area contributed by atoms with Crippen LogP contribution in [0.4, 0.5) is 10.1 Å². The van der Waals surface area contributed by atoms with Crippen LogP contribution in [0.2, 0.25) is 0 Å². The number of carbonyl (C=O) groups is 2. The summed E-state index contributed by atoms with van der Waals surface area (Å²) in [5.41, 5.74) is 0.854. The third-order valence-electron chi connectivity index (χ3n) is 2.88. The molecule has 1 aliphatic carbocycles. The van der Waals surface area contributed by atoms with Crippen LogP contribution in [0.1, 0.15) is 12.0 Å². The molecule has 4 nitrogen and oxygen atoms in total. The summed E-state index contributed by atoms with van der Waals surface area (Å²) in [5.74, 6) is -2.79. The van der Waals surface area contributed by atoms with E-state index in [2.05, 4.69) is 5.32 Å². The van der Waals surface area contributed by atoms with Gasteiger partial charge in [-0.15, -0.1) is 0 Å². The normalized spacial score (nSPS) is 22.0. The number of benzene rings is 1. The third kappa shape index (κ3) is 2.43. The van der Waals surface area contributed by atoms with Crippen molar-refractivity contribution >= 4 is 17.6 Å². The van der Waals surface area contributed by atoms with Crippen LogP contribution >= 0.6 is 0 Å². The number of rotatable bonds is 3. The zero-order chi connectivity index (χ0) is 12.6. The Hall–Kier alpha value is -1.91. The van der Waals surface area contributed by atoms with Gasteiger partial charge in [-0.25, -0.2) is 4.39 Å². The summed E-state index contributed by atoms with van der Waals surface area (Å²) in [6.45, 7) is 1.63. The highest BCUT2D eigenvalue weighted by Gasteiger charge is 2.48. The lowest BCUT2D eigenvalue weighted by Crippen LogP contribution is -2.16. The average Bonchev–Trinajstić information content (AvgIpc) is 3.03. The van der Waals surface area contributed by atoms with Crippen molar-refractivity contribution in [2.24, 2.45) is 11.8 Å². The third-order valence-corrected chi connectivity index (χ3v) is 2.88. The minimum absolute atomic E-state index is 0.356. The van der Waals surface area contributed by atoms with Gasteiger partial charge in [0, 0.05) is 5.69 Å². The Morgan fingerprint density at radius 3 is 2.65 bits per heavy atom. The van der Waals surface area contributed by atoms with Crippen molar-refractivity contribution in [3.8, 4) is 0 Å². The second kappa shape index (κ2) is 4.16. The maximum Gasteiger partial charge on any atom is 0.307 e. The molecule has 2 atom stereocenters. The fourth-order valence-electron chi connectivity index (χ4n) is 1.66. The number of hydrogen-bond acceptors (Lipinski definition) is 2. The van der Waals surface area contributed by atoms with Crippen LogP contribution < -0.4 is 5.32 Å². The number of hydrogen-bond donors (Lipinski definition) is 2. The van der Waals surface area contributed by atoms with Crippen molar-refractivity contribution < 1.29 is 19.1 Å². The van der Waals surface area contributed by atoms with Gasteiger partial charge in [0.25, 0.3) is 0 Å². The highest BCUT2D eigenvalue weighted by Crippen LogP contribution is 2.39. The van der Waals surface area contributed by atoms with Crippen LogP contribution in [0.15, 0.2) is 18.2 Å². The molecule has 0 radical (unpaired) electrons. The van der Waals surface area contributed by atoms with Gasteiger partial charge in [-0.1, -0.05) is 6.07 Å². The van der Waals surface area contributed by atoms with E-state index in [-0.39, 0.29) is 5.91 Å². The Kier molecular flexibility index (Phi) is 2.83. The number of carbonyl (C=O) groups excluding carboxylic acids is 1. The highest BCUT2D eigenvalue weighted by atomic mass is 19.1. The van der Waals surface area contributed by atoms with E-state index in [0.29, 0.717) is 17.7 Å².